The standard InChI is InChI=1S/C46H55N9O9S/c1-46(2,3)28-23-35(52-65(6)61)42(63-5)37(24-28)55(45(48)60)36-13-14-38(32-10-8-7-9-31(32)36)64-30-15-16-49-40(26-30)51-29-11-12-33(39(25-29)62-4)43(57)50-17-18-53-19-21-54(22-20-53)41(56)27-34(47)44(58)59/h7-16,23-26,34,52H,17-22,27,47H2,1-6H3,(H2,48,60)(H,49,51)(H,50,57)(H,58,59)/t34-,65?/m1/s1. The van der Waals surface area contributed by atoms with Gasteiger partial charge >= 0.3 is 12.0 Å². The van der Waals surface area contributed by atoms with Crippen LogP contribution in [0, 0.1) is 0 Å². The third-order valence-corrected chi connectivity index (χ3v) is 11.3. The number of aliphatic carboxylic acids is 1. The molecule has 0 spiro atoms. The van der Waals surface area contributed by atoms with Crippen molar-refractivity contribution in [3.8, 4) is 23.0 Å². The number of anilines is 5. The molecule has 1 saturated heterocycles. The molecule has 1 aliphatic heterocycles. The van der Waals surface area contributed by atoms with Crippen molar-refractivity contribution >= 4 is 74.1 Å². The number of carboxylic acids is 1. The van der Waals surface area contributed by atoms with Gasteiger partial charge in [-0.2, -0.15) is 0 Å². The molecule has 65 heavy (non-hydrogen) atoms. The topological polar surface area (TPSA) is 244 Å². The molecule has 2 heterocycles. The summed E-state index contributed by atoms with van der Waals surface area (Å²) in [5.74, 6) is 0.248. The van der Waals surface area contributed by atoms with E-state index in [4.69, 9.17) is 30.8 Å². The molecule has 344 valence electrons. The van der Waals surface area contributed by atoms with E-state index >= 15 is 0 Å². The number of pyridine rings is 1. The van der Waals surface area contributed by atoms with Gasteiger partial charge in [-0.05, 0) is 53.4 Å². The molecule has 0 radical (unpaired) electrons. The van der Waals surface area contributed by atoms with Gasteiger partial charge in [0.05, 0.1) is 43.3 Å². The predicted octanol–water partition coefficient (Wildman–Crippen LogP) is 5.68. The second-order valence-electron chi connectivity index (χ2n) is 16.3. The van der Waals surface area contributed by atoms with Crippen LogP contribution in [0.1, 0.15) is 43.1 Å². The van der Waals surface area contributed by atoms with Crippen molar-refractivity contribution in [2.45, 2.75) is 38.6 Å². The van der Waals surface area contributed by atoms with Crippen LogP contribution in [0.15, 0.2) is 85.1 Å². The number of carbonyl (C=O) groups is 4. The minimum atomic E-state index is -1.44. The lowest BCUT2D eigenvalue weighted by molar-refractivity contribution is -0.143. The van der Waals surface area contributed by atoms with Gasteiger partial charge in [-0.15, -0.1) is 0 Å². The van der Waals surface area contributed by atoms with Crippen LogP contribution in [0.4, 0.5) is 33.4 Å². The van der Waals surface area contributed by atoms with Crippen molar-refractivity contribution in [1.29, 1.82) is 0 Å². The number of urea groups is 1. The molecule has 1 unspecified atom stereocenters. The molecule has 19 heteroatoms. The number of nitrogens with one attached hydrogen (secondary N) is 3. The highest BCUT2D eigenvalue weighted by Crippen LogP contribution is 2.46. The van der Waals surface area contributed by atoms with E-state index in [0.29, 0.717) is 107 Å². The highest BCUT2D eigenvalue weighted by Gasteiger charge is 2.29. The van der Waals surface area contributed by atoms with Crippen LogP contribution >= 0.6 is 0 Å². The van der Waals surface area contributed by atoms with Crippen molar-refractivity contribution in [1.82, 2.24) is 20.1 Å². The smallest absolute Gasteiger partial charge is 0.324 e. The summed E-state index contributed by atoms with van der Waals surface area (Å²) >= 11 is 0. The van der Waals surface area contributed by atoms with E-state index in [0.717, 1.165) is 5.56 Å². The maximum atomic E-state index is 13.4. The van der Waals surface area contributed by atoms with E-state index in [9.17, 15) is 23.4 Å². The highest BCUT2D eigenvalue weighted by atomic mass is 32.2. The molecule has 2 atom stereocenters. The van der Waals surface area contributed by atoms with Crippen LogP contribution in [-0.4, -0.2) is 114 Å². The van der Waals surface area contributed by atoms with Gasteiger partial charge in [0.1, 0.15) is 40.1 Å². The van der Waals surface area contributed by atoms with Gasteiger partial charge in [0.15, 0.2) is 5.75 Å². The molecule has 0 saturated carbocycles. The van der Waals surface area contributed by atoms with Crippen LogP contribution in [0.5, 0.6) is 23.0 Å². The fraction of sp³-hybridized carbons (Fsp3) is 0.326. The summed E-state index contributed by atoms with van der Waals surface area (Å²) in [5.41, 5.74) is 14.4. The number of amides is 4. The zero-order valence-corrected chi connectivity index (χ0v) is 38.0. The number of hydrogen-bond donors (Lipinski definition) is 6. The number of aromatic nitrogens is 1. The van der Waals surface area contributed by atoms with Crippen molar-refractivity contribution in [3.63, 3.8) is 0 Å². The lowest BCUT2D eigenvalue weighted by atomic mass is 9.86. The Morgan fingerprint density at radius 3 is 2.28 bits per heavy atom. The molecule has 18 nitrogen and oxygen atoms in total. The maximum absolute atomic E-state index is 13.4. The Kier molecular flexibility index (Phi) is 15.1. The van der Waals surface area contributed by atoms with Crippen LogP contribution in [0.2, 0.25) is 0 Å². The Morgan fingerprint density at radius 2 is 1.63 bits per heavy atom. The fourth-order valence-corrected chi connectivity index (χ4v) is 7.85. The van der Waals surface area contributed by atoms with Crippen LogP contribution in [0.3, 0.4) is 0 Å². The third-order valence-electron chi connectivity index (χ3n) is 10.8. The lowest BCUT2D eigenvalue weighted by Crippen LogP contribution is -2.51. The number of carboxylic acid groups (broad SMARTS) is 1. The Labute approximate surface area is 379 Å². The fourth-order valence-electron chi connectivity index (χ4n) is 7.39. The number of carbonyl (C=O) groups excluding carboxylic acids is 3. The zero-order valence-electron chi connectivity index (χ0n) is 37.2. The zero-order chi connectivity index (χ0) is 47.0. The van der Waals surface area contributed by atoms with Gasteiger partial charge in [0.2, 0.25) is 5.91 Å². The first-order chi connectivity index (χ1) is 31.0. The first-order valence-corrected chi connectivity index (χ1v) is 22.3. The molecule has 4 aromatic carbocycles. The van der Waals surface area contributed by atoms with Crippen molar-refractivity contribution in [3.05, 3.63) is 96.2 Å². The number of nitrogens with two attached hydrogens (primary N) is 2. The largest absolute Gasteiger partial charge is 0.496 e. The van der Waals surface area contributed by atoms with Crippen molar-refractivity contribution in [2.24, 2.45) is 11.5 Å². The SMILES string of the molecule is COc1cc(Nc2cc(Oc3ccc(N(C(N)=O)c4cc(C(C)(C)C)cc(NS(C)=O)c4OC)c4ccccc34)ccn2)ccc1C(=O)NCCN1CCN(C(=O)C[C@@H](N)C(=O)O)CC1. The summed E-state index contributed by atoms with van der Waals surface area (Å²) in [6.07, 6.45) is 2.86. The average molecular weight is 910 g/mol. The summed E-state index contributed by atoms with van der Waals surface area (Å²) in [6, 6.07) is 21.2. The average Bonchev–Trinajstić information content (AvgIpc) is 3.26. The van der Waals surface area contributed by atoms with Crippen molar-refractivity contribution in [2.75, 3.05) is 74.7 Å². The molecular weight excluding hydrogens is 855 g/mol. The molecule has 1 aromatic heterocycles. The monoisotopic (exact) mass is 909 g/mol. The maximum Gasteiger partial charge on any atom is 0.324 e. The summed E-state index contributed by atoms with van der Waals surface area (Å²) in [7, 11) is 1.52. The number of nitrogens with zero attached hydrogens (tertiary/aromatic N) is 4. The predicted molar refractivity (Wildman–Crippen MR) is 251 cm³/mol. The molecule has 1 fully saturated rings. The van der Waals surface area contributed by atoms with Gasteiger partial charge < -0.3 is 51.0 Å². The Bertz CT molecular complexity index is 2600. The van der Waals surface area contributed by atoms with Gasteiger partial charge in [-0.3, -0.25) is 24.2 Å². The summed E-state index contributed by atoms with van der Waals surface area (Å²) in [6.45, 7) is 9.08. The number of fused-ring (bicyclic) bond motifs is 1. The van der Waals surface area contributed by atoms with E-state index in [2.05, 4.69) is 25.2 Å². The van der Waals surface area contributed by atoms with Gasteiger partial charge in [0, 0.05) is 80.3 Å². The first kappa shape index (κ1) is 47.5. The number of rotatable bonds is 17. The van der Waals surface area contributed by atoms with Crippen molar-refractivity contribution < 1.29 is 42.7 Å². The Hall–Kier alpha value is -6.96. The van der Waals surface area contributed by atoms with E-state index < -0.39 is 29.0 Å². The number of primary amides is 1. The van der Waals surface area contributed by atoms with Crippen LogP contribution in [0.25, 0.3) is 10.8 Å². The molecule has 0 bridgehead atoms. The van der Waals surface area contributed by atoms with Crippen LogP contribution in [-0.2, 0) is 26.0 Å². The molecule has 8 N–H and O–H groups in total. The minimum absolute atomic E-state index is 0.245. The van der Waals surface area contributed by atoms with Crippen LogP contribution < -0.4 is 45.9 Å². The third kappa shape index (κ3) is 11.6. The number of ether oxygens (including phenoxy) is 3. The second-order valence-corrected chi connectivity index (χ2v) is 17.4. The highest BCUT2D eigenvalue weighted by molar-refractivity contribution is 7.85. The summed E-state index contributed by atoms with van der Waals surface area (Å²) in [5, 5.41) is 16.5. The molecule has 4 amide bonds. The van der Waals surface area contributed by atoms with Gasteiger partial charge in [-0.1, -0.05) is 45.0 Å². The van der Waals surface area contributed by atoms with Gasteiger partial charge in [0.25, 0.3) is 5.91 Å². The van der Waals surface area contributed by atoms with E-state index in [1.165, 1.54) is 25.4 Å². The summed E-state index contributed by atoms with van der Waals surface area (Å²) in [4.78, 5) is 59.6. The summed E-state index contributed by atoms with van der Waals surface area (Å²) < 4.78 is 33.2. The quantitative estimate of drug-likeness (QED) is 0.0658. The minimum Gasteiger partial charge on any atom is -0.496 e. The number of benzene rings is 4. The number of methoxy groups -OCH3 is 2. The Balaban J connectivity index is 1.15. The second kappa shape index (κ2) is 20.7. The molecule has 6 rings (SSSR count). The first-order valence-electron chi connectivity index (χ1n) is 20.8. The molecule has 1 aliphatic rings. The Morgan fingerprint density at radius 1 is 0.908 bits per heavy atom. The van der Waals surface area contributed by atoms with E-state index in [1.54, 1.807) is 53.6 Å². The van der Waals surface area contributed by atoms with Gasteiger partial charge in [-0.25, -0.2) is 14.0 Å². The molecule has 5 aromatic rings. The molecule has 0 aliphatic carbocycles. The lowest BCUT2D eigenvalue weighted by Gasteiger charge is -2.35. The number of hydrogen-bond acceptors (Lipinski definition) is 12. The molecular formula is C46H55N9O9S. The van der Waals surface area contributed by atoms with E-state index in [1.807, 2.05) is 57.2 Å². The van der Waals surface area contributed by atoms with E-state index in [-0.39, 0.29) is 23.7 Å². The normalized spacial score (nSPS) is 13.9. The number of piperazine rings is 1.